The van der Waals surface area contributed by atoms with E-state index in [1.807, 2.05) is 0 Å². The van der Waals surface area contributed by atoms with Gasteiger partial charge in [0.05, 0.1) is 176 Å². The van der Waals surface area contributed by atoms with Gasteiger partial charge < -0.3 is 61.6 Å². The molecule has 1 heterocycles. The van der Waals surface area contributed by atoms with Gasteiger partial charge in [0.2, 0.25) is 0 Å². The molecule has 0 N–H and O–H groups in total. The molecule has 1 aromatic carbocycles. The predicted octanol–water partition coefficient (Wildman–Crippen LogP) is 2.61. The zero-order valence-electron chi connectivity index (χ0n) is 34.0. The summed E-state index contributed by atoms with van der Waals surface area (Å²) in [6.45, 7) is 13.3. The van der Waals surface area contributed by atoms with Crippen LogP contribution in [0.15, 0.2) is 24.3 Å². The monoisotopic (exact) mass is 817 g/mol. The molecule has 1 aliphatic rings. The Labute approximate surface area is 338 Å². The number of fused-ring (bicyclic) bond motifs is 1. The van der Waals surface area contributed by atoms with Gasteiger partial charge in [-0.3, -0.25) is 19.3 Å². The summed E-state index contributed by atoms with van der Waals surface area (Å²) in [6.07, 6.45) is 3.47. The minimum Gasteiger partial charge on any atom is -0.463 e. The van der Waals surface area contributed by atoms with Crippen LogP contribution in [0.2, 0.25) is 0 Å². The Kier molecular flexibility index (Phi) is 33.3. The van der Waals surface area contributed by atoms with Crippen LogP contribution in [0.4, 0.5) is 0 Å². The first-order valence-corrected chi connectivity index (χ1v) is 20.2. The van der Waals surface area contributed by atoms with E-state index in [1.165, 1.54) is 4.90 Å². The highest BCUT2D eigenvalue weighted by molar-refractivity contribution is 6.21. The van der Waals surface area contributed by atoms with Crippen LogP contribution in [-0.4, -0.2) is 194 Å². The lowest BCUT2D eigenvalue weighted by molar-refractivity contribution is -0.145. The van der Waals surface area contributed by atoms with Gasteiger partial charge in [-0.1, -0.05) is 31.9 Å². The quantitative estimate of drug-likeness (QED) is 0.0534. The maximum atomic E-state index is 12.3. The fourth-order valence-electron chi connectivity index (χ4n) is 4.93. The molecule has 1 aliphatic heterocycles. The first kappa shape index (κ1) is 50.5. The highest BCUT2D eigenvalue weighted by Crippen LogP contribution is 2.21. The van der Waals surface area contributed by atoms with Crippen LogP contribution < -0.4 is 0 Å². The fourth-order valence-corrected chi connectivity index (χ4v) is 4.93. The van der Waals surface area contributed by atoms with E-state index in [2.05, 4.69) is 6.92 Å². The molecule has 0 unspecified atom stereocenters. The number of ether oxygens (including phenoxy) is 13. The van der Waals surface area contributed by atoms with Crippen LogP contribution in [0, 0.1) is 0 Å². The molecule has 57 heavy (non-hydrogen) atoms. The molecular formula is C40H67NO16. The first-order chi connectivity index (χ1) is 28.1. The number of rotatable bonds is 43. The standard InChI is InChI=1S/C40H67NO16/c1-2-3-4-9-38(42)57-35-34-56-33-32-55-31-30-54-29-28-53-27-26-52-25-24-51-23-22-50-21-20-49-19-18-48-17-16-47-15-14-46-13-12-45-11-10-41-39(43)36-7-5-6-8-37(36)40(41)44/h5-8H,2-4,9-35H2,1H3. The Hall–Kier alpha value is -2.65. The Bertz CT molecular complexity index is 1090. The van der Waals surface area contributed by atoms with E-state index in [1.54, 1.807) is 24.3 Å². The second kappa shape index (κ2) is 37.6. The van der Waals surface area contributed by atoms with Crippen LogP contribution >= 0.6 is 0 Å². The molecule has 0 spiro atoms. The number of nitrogens with zero attached hydrogens (tertiary/aromatic N) is 1. The third-order valence-electron chi connectivity index (χ3n) is 7.90. The van der Waals surface area contributed by atoms with Crippen molar-refractivity contribution >= 4 is 17.8 Å². The van der Waals surface area contributed by atoms with Gasteiger partial charge in [-0.25, -0.2) is 0 Å². The summed E-state index contributed by atoms with van der Waals surface area (Å²) in [5.74, 6) is -0.729. The topological polar surface area (TPSA) is 174 Å². The second-order valence-electron chi connectivity index (χ2n) is 12.3. The van der Waals surface area contributed by atoms with E-state index in [0.717, 1.165) is 19.3 Å². The highest BCUT2D eigenvalue weighted by atomic mass is 16.6. The van der Waals surface area contributed by atoms with Crippen LogP contribution in [0.3, 0.4) is 0 Å². The molecule has 0 aromatic heterocycles. The molecule has 0 atom stereocenters. The van der Waals surface area contributed by atoms with Crippen LogP contribution in [-0.2, 0) is 66.4 Å². The minimum absolute atomic E-state index is 0.166. The third-order valence-corrected chi connectivity index (χ3v) is 7.90. The van der Waals surface area contributed by atoms with Crippen molar-refractivity contribution in [1.29, 1.82) is 0 Å². The SMILES string of the molecule is CCCCCC(=O)OCCOCCOCCOCCOCCOCCOCCOCCOCCOCCOCCOCCOCCN1C(=O)c2ccccc2C1=O. The molecule has 17 nitrogen and oxygen atoms in total. The van der Waals surface area contributed by atoms with E-state index in [-0.39, 0.29) is 37.5 Å². The lowest BCUT2D eigenvalue weighted by Crippen LogP contribution is -2.33. The molecule has 0 fully saturated rings. The van der Waals surface area contributed by atoms with Crippen molar-refractivity contribution in [3.05, 3.63) is 35.4 Å². The molecule has 1 aromatic rings. The normalized spacial score (nSPS) is 12.5. The van der Waals surface area contributed by atoms with Gasteiger partial charge in [0, 0.05) is 6.42 Å². The molecular weight excluding hydrogens is 750 g/mol. The number of carbonyl (C=O) groups is 3. The number of esters is 1. The Balaban J connectivity index is 1.15. The number of hydrogen-bond acceptors (Lipinski definition) is 16. The van der Waals surface area contributed by atoms with E-state index in [4.69, 9.17) is 61.6 Å². The van der Waals surface area contributed by atoms with Crippen molar-refractivity contribution in [3.63, 3.8) is 0 Å². The number of benzene rings is 1. The Morgan fingerprint density at radius 1 is 0.421 bits per heavy atom. The van der Waals surface area contributed by atoms with E-state index >= 15 is 0 Å². The molecule has 2 amide bonds. The molecule has 0 saturated heterocycles. The number of amides is 2. The van der Waals surface area contributed by atoms with E-state index in [9.17, 15) is 14.4 Å². The summed E-state index contributed by atoms with van der Waals surface area (Å²) in [6, 6.07) is 6.81. The fraction of sp³-hybridized carbons (Fsp3) is 0.775. The average molecular weight is 818 g/mol. The molecule has 0 aliphatic carbocycles. The summed E-state index contributed by atoms with van der Waals surface area (Å²) in [5, 5.41) is 0. The summed E-state index contributed by atoms with van der Waals surface area (Å²) in [4.78, 5) is 37.3. The summed E-state index contributed by atoms with van der Waals surface area (Å²) in [7, 11) is 0. The maximum absolute atomic E-state index is 12.3. The van der Waals surface area contributed by atoms with Gasteiger partial charge in [-0.15, -0.1) is 0 Å². The van der Waals surface area contributed by atoms with Crippen LogP contribution in [0.1, 0.15) is 53.3 Å². The molecule has 0 bridgehead atoms. The number of carbonyl (C=O) groups excluding carboxylic acids is 3. The van der Waals surface area contributed by atoms with Gasteiger partial charge in [-0.2, -0.15) is 0 Å². The molecule has 2 rings (SSSR count). The van der Waals surface area contributed by atoms with Crippen molar-refractivity contribution in [2.75, 3.05) is 172 Å². The third kappa shape index (κ3) is 27.6. The summed E-state index contributed by atoms with van der Waals surface area (Å²) < 4.78 is 70.8. The lowest BCUT2D eigenvalue weighted by Gasteiger charge is -2.13. The average Bonchev–Trinajstić information content (AvgIpc) is 3.46. The smallest absolute Gasteiger partial charge is 0.305 e. The van der Waals surface area contributed by atoms with Crippen molar-refractivity contribution in [3.8, 4) is 0 Å². The van der Waals surface area contributed by atoms with Gasteiger partial charge in [0.25, 0.3) is 11.8 Å². The Morgan fingerprint density at radius 3 is 1.00 bits per heavy atom. The maximum Gasteiger partial charge on any atom is 0.305 e. The molecule has 328 valence electrons. The summed E-state index contributed by atoms with van der Waals surface area (Å²) >= 11 is 0. The van der Waals surface area contributed by atoms with Crippen molar-refractivity contribution in [1.82, 2.24) is 4.90 Å². The minimum atomic E-state index is -0.281. The molecule has 0 saturated carbocycles. The first-order valence-electron chi connectivity index (χ1n) is 20.2. The number of unbranched alkanes of at least 4 members (excludes halogenated alkanes) is 2. The van der Waals surface area contributed by atoms with Crippen molar-refractivity contribution in [2.45, 2.75) is 32.6 Å². The molecule has 17 heteroatoms. The zero-order valence-corrected chi connectivity index (χ0v) is 34.0. The highest BCUT2D eigenvalue weighted by Gasteiger charge is 2.34. The van der Waals surface area contributed by atoms with Crippen molar-refractivity contribution in [2.24, 2.45) is 0 Å². The van der Waals surface area contributed by atoms with E-state index in [0.29, 0.717) is 170 Å². The van der Waals surface area contributed by atoms with Gasteiger partial charge in [-0.05, 0) is 18.6 Å². The number of imide groups is 1. The van der Waals surface area contributed by atoms with Crippen LogP contribution in [0.25, 0.3) is 0 Å². The molecule has 0 radical (unpaired) electrons. The Morgan fingerprint density at radius 2 is 0.702 bits per heavy atom. The van der Waals surface area contributed by atoms with Gasteiger partial charge >= 0.3 is 5.97 Å². The lowest BCUT2D eigenvalue weighted by atomic mass is 10.1. The second-order valence-corrected chi connectivity index (χ2v) is 12.3. The summed E-state index contributed by atoms with van der Waals surface area (Å²) in [5.41, 5.74) is 0.877. The predicted molar refractivity (Wildman–Crippen MR) is 207 cm³/mol. The van der Waals surface area contributed by atoms with E-state index < -0.39 is 0 Å². The van der Waals surface area contributed by atoms with Crippen LogP contribution in [0.5, 0.6) is 0 Å². The van der Waals surface area contributed by atoms with Crippen molar-refractivity contribution < 1.29 is 76.0 Å². The van der Waals surface area contributed by atoms with Gasteiger partial charge in [0.15, 0.2) is 0 Å². The largest absolute Gasteiger partial charge is 0.463 e. The van der Waals surface area contributed by atoms with Gasteiger partial charge in [0.1, 0.15) is 6.61 Å². The number of hydrogen-bond donors (Lipinski definition) is 0. The zero-order chi connectivity index (χ0) is 40.7.